The van der Waals surface area contributed by atoms with E-state index in [0.29, 0.717) is 31.8 Å². The van der Waals surface area contributed by atoms with Crippen molar-refractivity contribution in [1.82, 2.24) is 15.1 Å². The van der Waals surface area contributed by atoms with Crippen molar-refractivity contribution < 1.29 is 27.4 Å². The topological polar surface area (TPSA) is 68.6 Å². The Hall–Kier alpha value is -2.75. The maximum Gasteiger partial charge on any atom is 0.416 e. The number of carbonyl (C=O) groups excluding carboxylic acids is 1. The van der Waals surface area contributed by atoms with Crippen LogP contribution in [-0.2, 0) is 22.1 Å². The number of alkyl carbamates (subject to hydrolysis) is 1. The Kier molecular flexibility index (Phi) is 6.80. The van der Waals surface area contributed by atoms with E-state index < -0.39 is 23.4 Å². The van der Waals surface area contributed by atoms with Gasteiger partial charge in [-0.2, -0.15) is 18.3 Å². The van der Waals surface area contributed by atoms with Crippen LogP contribution in [0.3, 0.4) is 0 Å². The molecule has 0 aliphatic carbocycles. The van der Waals surface area contributed by atoms with Crippen molar-refractivity contribution in [2.75, 3.05) is 24.6 Å². The summed E-state index contributed by atoms with van der Waals surface area (Å²) in [5.74, 6) is 0.00125. The average Bonchev–Trinajstić information content (AvgIpc) is 3.20. The molecule has 7 nitrogen and oxygen atoms in total. The van der Waals surface area contributed by atoms with Gasteiger partial charge in [-0.3, -0.25) is 0 Å². The molecule has 0 saturated carbocycles. The van der Waals surface area contributed by atoms with E-state index in [1.807, 2.05) is 9.58 Å². The van der Waals surface area contributed by atoms with E-state index in [-0.39, 0.29) is 12.1 Å². The number of fused-ring (bicyclic) bond motifs is 1. The molecule has 34 heavy (non-hydrogen) atoms. The molecule has 0 radical (unpaired) electrons. The molecule has 1 fully saturated rings. The molecule has 0 bridgehead atoms. The second kappa shape index (κ2) is 9.48. The fourth-order valence-corrected chi connectivity index (χ4v) is 4.41. The lowest BCUT2D eigenvalue weighted by Crippen LogP contribution is -2.41. The van der Waals surface area contributed by atoms with Gasteiger partial charge in [-0.05, 0) is 76.6 Å². The molecule has 2 aromatic rings. The van der Waals surface area contributed by atoms with Gasteiger partial charge < -0.3 is 19.7 Å². The molecule has 10 heteroatoms. The highest BCUT2D eigenvalue weighted by atomic mass is 19.4. The molecule has 1 amide bonds. The van der Waals surface area contributed by atoms with Crippen molar-refractivity contribution in [3.8, 4) is 0 Å². The predicted molar refractivity (Wildman–Crippen MR) is 121 cm³/mol. The number of ether oxygens (including phenoxy) is 2. The third-order valence-electron chi connectivity index (χ3n) is 5.96. The molecule has 2 atom stereocenters. The summed E-state index contributed by atoms with van der Waals surface area (Å²) in [7, 11) is 0. The van der Waals surface area contributed by atoms with E-state index in [1.54, 1.807) is 27.0 Å². The lowest BCUT2D eigenvalue weighted by molar-refractivity contribution is -0.137. The summed E-state index contributed by atoms with van der Waals surface area (Å²) < 4.78 is 52.4. The molecule has 1 aromatic heterocycles. The first-order valence-electron chi connectivity index (χ1n) is 11.6. The fourth-order valence-electron chi connectivity index (χ4n) is 4.41. The highest BCUT2D eigenvalue weighted by molar-refractivity contribution is 5.68. The van der Waals surface area contributed by atoms with Crippen LogP contribution in [0.15, 0.2) is 30.5 Å². The van der Waals surface area contributed by atoms with Gasteiger partial charge in [0.25, 0.3) is 0 Å². The fraction of sp³-hybridized carbons (Fsp3) is 0.583. The van der Waals surface area contributed by atoms with E-state index >= 15 is 0 Å². The molecular weight excluding hydrogens is 449 g/mol. The maximum absolute atomic E-state index is 13.1. The molecule has 1 saturated heterocycles. The summed E-state index contributed by atoms with van der Waals surface area (Å²) in [6, 6.07) is 5.13. The summed E-state index contributed by atoms with van der Waals surface area (Å²) in [4.78, 5) is 14.2. The molecule has 186 valence electrons. The number of aromatic nitrogens is 2. The summed E-state index contributed by atoms with van der Waals surface area (Å²) >= 11 is 0. The first-order chi connectivity index (χ1) is 16.0. The SMILES string of the molecule is CC(C)(C)OC(=O)NCC1Cc2c(cnn2C2CCCCO2)N(c2ccc(C(F)(F)F)cc2)C1. The summed E-state index contributed by atoms with van der Waals surface area (Å²) in [6.07, 6.45) is 0.271. The highest BCUT2D eigenvalue weighted by Crippen LogP contribution is 2.39. The van der Waals surface area contributed by atoms with E-state index in [0.717, 1.165) is 42.8 Å². The highest BCUT2D eigenvalue weighted by Gasteiger charge is 2.34. The Morgan fingerprint density at radius 3 is 2.56 bits per heavy atom. The zero-order chi connectivity index (χ0) is 24.5. The number of nitrogens with zero attached hydrogens (tertiary/aromatic N) is 3. The van der Waals surface area contributed by atoms with Crippen LogP contribution in [0.4, 0.5) is 29.3 Å². The number of hydrogen-bond acceptors (Lipinski definition) is 5. The molecule has 1 N–H and O–H groups in total. The largest absolute Gasteiger partial charge is 0.444 e. The van der Waals surface area contributed by atoms with Crippen LogP contribution in [0.25, 0.3) is 0 Å². The van der Waals surface area contributed by atoms with Gasteiger partial charge in [0.05, 0.1) is 23.1 Å². The van der Waals surface area contributed by atoms with Gasteiger partial charge in [-0.15, -0.1) is 0 Å². The minimum Gasteiger partial charge on any atom is -0.444 e. The number of anilines is 2. The summed E-state index contributed by atoms with van der Waals surface area (Å²) in [5, 5.41) is 7.42. The normalized spacial score (nSPS) is 21.2. The van der Waals surface area contributed by atoms with Gasteiger partial charge >= 0.3 is 12.3 Å². The first-order valence-corrected chi connectivity index (χ1v) is 11.6. The Morgan fingerprint density at radius 2 is 1.94 bits per heavy atom. The lowest BCUT2D eigenvalue weighted by Gasteiger charge is -2.36. The maximum atomic E-state index is 13.1. The molecular formula is C24H31F3N4O3. The second-order valence-electron chi connectivity index (χ2n) is 9.85. The van der Waals surface area contributed by atoms with Gasteiger partial charge in [-0.25, -0.2) is 9.48 Å². The van der Waals surface area contributed by atoms with Crippen LogP contribution in [-0.4, -0.2) is 41.2 Å². The van der Waals surface area contributed by atoms with Gasteiger partial charge in [0.2, 0.25) is 0 Å². The molecule has 4 rings (SSSR count). The number of carbonyl (C=O) groups is 1. The van der Waals surface area contributed by atoms with Crippen molar-refractivity contribution in [2.24, 2.45) is 5.92 Å². The molecule has 3 heterocycles. The predicted octanol–water partition coefficient (Wildman–Crippen LogP) is 5.44. The smallest absolute Gasteiger partial charge is 0.416 e. The first kappa shape index (κ1) is 24.4. The van der Waals surface area contributed by atoms with Crippen molar-refractivity contribution in [1.29, 1.82) is 0 Å². The van der Waals surface area contributed by atoms with Crippen molar-refractivity contribution in [3.63, 3.8) is 0 Å². The van der Waals surface area contributed by atoms with E-state index in [1.165, 1.54) is 12.1 Å². The lowest BCUT2D eigenvalue weighted by atomic mass is 9.96. The molecule has 0 spiro atoms. The molecule has 2 aliphatic rings. The standard InChI is InChI=1S/C24H31F3N4O3/c1-23(2,3)34-22(32)28-13-16-12-19-20(14-29-31(19)21-6-4-5-11-33-21)30(15-16)18-9-7-17(8-10-18)24(25,26)27/h7-10,14,16,21H,4-6,11-13,15H2,1-3H3,(H,28,32). The van der Waals surface area contributed by atoms with Crippen LogP contribution in [0.2, 0.25) is 0 Å². The molecule has 2 aliphatic heterocycles. The zero-order valence-electron chi connectivity index (χ0n) is 19.7. The minimum atomic E-state index is -4.39. The van der Waals surface area contributed by atoms with Gasteiger partial charge in [0, 0.05) is 25.4 Å². The van der Waals surface area contributed by atoms with Crippen molar-refractivity contribution in [2.45, 2.75) is 64.5 Å². The Labute approximate surface area is 197 Å². The number of halogens is 3. The van der Waals surface area contributed by atoms with Crippen LogP contribution in [0, 0.1) is 5.92 Å². The zero-order valence-corrected chi connectivity index (χ0v) is 19.7. The molecule has 1 aromatic carbocycles. The average molecular weight is 481 g/mol. The van der Waals surface area contributed by atoms with Crippen molar-refractivity contribution >= 4 is 17.5 Å². The third kappa shape index (κ3) is 5.65. The summed E-state index contributed by atoms with van der Waals surface area (Å²) in [6.45, 7) is 6.96. The van der Waals surface area contributed by atoms with Crippen LogP contribution >= 0.6 is 0 Å². The van der Waals surface area contributed by atoms with E-state index in [4.69, 9.17) is 9.47 Å². The number of rotatable bonds is 4. The number of nitrogens with one attached hydrogen (secondary N) is 1. The quantitative estimate of drug-likeness (QED) is 0.632. The third-order valence-corrected chi connectivity index (χ3v) is 5.96. The van der Waals surface area contributed by atoms with Crippen LogP contribution in [0.1, 0.15) is 57.5 Å². The minimum absolute atomic E-state index is 0.00125. The van der Waals surface area contributed by atoms with Crippen LogP contribution in [0.5, 0.6) is 0 Å². The van der Waals surface area contributed by atoms with Crippen LogP contribution < -0.4 is 10.2 Å². The van der Waals surface area contributed by atoms with Gasteiger partial charge in [0.1, 0.15) is 5.60 Å². The molecule has 2 unspecified atom stereocenters. The number of amides is 1. The Bertz CT molecular complexity index is 992. The van der Waals surface area contributed by atoms with Crippen molar-refractivity contribution in [3.05, 3.63) is 41.7 Å². The van der Waals surface area contributed by atoms with Gasteiger partial charge in [0.15, 0.2) is 6.23 Å². The number of benzene rings is 1. The number of alkyl halides is 3. The monoisotopic (exact) mass is 480 g/mol. The van der Waals surface area contributed by atoms with E-state index in [2.05, 4.69) is 10.4 Å². The van der Waals surface area contributed by atoms with Gasteiger partial charge in [-0.1, -0.05) is 0 Å². The summed E-state index contributed by atoms with van der Waals surface area (Å²) in [5.41, 5.74) is 1.15. The Morgan fingerprint density at radius 1 is 1.21 bits per heavy atom. The number of hydrogen-bond donors (Lipinski definition) is 1. The Balaban J connectivity index is 1.59. The van der Waals surface area contributed by atoms with E-state index in [9.17, 15) is 18.0 Å². The second-order valence-corrected chi connectivity index (χ2v) is 9.85.